The first-order chi connectivity index (χ1) is 9.22. The van der Waals surface area contributed by atoms with Crippen LogP contribution in [-0.2, 0) is 20.7 Å². The average Bonchev–Trinajstić information content (AvgIpc) is 2.64. The molecule has 1 aromatic heterocycles. The van der Waals surface area contributed by atoms with E-state index in [1.807, 2.05) is 6.92 Å². The van der Waals surface area contributed by atoms with Gasteiger partial charge in [0.1, 0.15) is 6.04 Å². The van der Waals surface area contributed by atoms with E-state index in [1.165, 1.54) is 16.2 Å². The van der Waals surface area contributed by atoms with Gasteiger partial charge in [-0.25, -0.2) is 4.79 Å². The molecule has 0 aliphatic rings. The van der Waals surface area contributed by atoms with Crippen molar-refractivity contribution in [2.45, 2.75) is 46.3 Å². The molecule has 0 bridgehead atoms. The molecule has 112 valence electrons. The second-order valence-electron chi connectivity index (χ2n) is 4.91. The minimum absolute atomic E-state index is 0.133. The van der Waals surface area contributed by atoms with E-state index in [2.05, 4.69) is 4.98 Å². The van der Waals surface area contributed by atoms with Gasteiger partial charge in [0.25, 0.3) is 0 Å². The van der Waals surface area contributed by atoms with E-state index in [0.29, 0.717) is 3.95 Å². The van der Waals surface area contributed by atoms with Crippen LogP contribution in [0.15, 0.2) is 0 Å². The monoisotopic (exact) mass is 316 g/mol. The van der Waals surface area contributed by atoms with Crippen molar-refractivity contribution in [1.82, 2.24) is 9.88 Å². The third kappa shape index (κ3) is 4.42. The lowest BCUT2D eigenvalue weighted by Crippen LogP contribution is -2.42. The number of H-pyrrole nitrogens is 1. The van der Waals surface area contributed by atoms with Crippen LogP contribution in [0.3, 0.4) is 0 Å². The number of carbonyl (C=O) groups excluding carboxylic acids is 2. The van der Waals surface area contributed by atoms with Crippen LogP contribution in [-0.4, -0.2) is 41.0 Å². The molecule has 0 saturated carbocycles. The number of rotatable bonds is 5. The van der Waals surface area contributed by atoms with Crippen LogP contribution in [0.2, 0.25) is 0 Å². The van der Waals surface area contributed by atoms with E-state index in [0.717, 1.165) is 10.6 Å². The van der Waals surface area contributed by atoms with Crippen LogP contribution < -0.4 is 0 Å². The van der Waals surface area contributed by atoms with Gasteiger partial charge in [-0.3, -0.25) is 4.79 Å². The van der Waals surface area contributed by atoms with Gasteiger partial charge in [-0.1, -0.05) is 0 Å². The second-order valence-corrected chi connectivity index (χ2v) is 6.68. The molecule has 0 saturated heterocycles. The molecule has 0 aromatic carbocycles. The maximum absolute atomic E-state index is 12.2. The zero-order valence-corrected chi connectivity index (χ0v) is 14.0. The molecular formula is C13H20N2O3S2. The van der Waals surface area contributed by atoms with Crippen molar-refractivity contribution in [3.8, 4) is 0 Å². The predicted molar refractivity (Wildman–Crippen MR) is 81.4 cm³/mol. The van der Waals surface area contributed by atoms with Gasteiger partial charge in [0.05, 0.1) is 12.5 Å². The van der Waals surface area contributed by atoms with Crippen molar-refractivity contribution in [2.75, 3.05) is 7.05 Å². The number of ether oxygens (including phenoxy) is 1. The van der Waals surface area contributed by atoms with Gasteiger partial charge < -0.3 is 14.6 Å². The summed E-state index contributed by atoms with van der Waals surface area (Å²) in [6.45, 7) is 7.10. The Kier molecular flexibility index (Phi) is 5.88. The number of carbonyl (C=O) groups is 2. The standard InChI is InChI=1S/C13H20N2O3S2/c1-7(2)18-12(17)9(4)15(5)11(16)6-10-8(3)14-13(19)20-10/h7,9H,6H2,1-5H3,(H,14,19)/t9-/m0/s1. The Labute approximate surface area is 127 Å². The highest BCUT2D eigenvalue weighted by Gasteiger charge is 2.25. The topological polar surface area (TPSA) is 62.4 Å². The summed E-state index contributed by atoms with van der Waals surface area (Å²) in [5.41, 5.74) is 0.902. The summed E-state index contributed by atoms with van der Waals surface area (Å²) in [7, 11) is 1.61. The summed E-state index contributed by atoms with van der Waals surface area (Å²) in [5, 5.41) is 0. The van der Waals surface area contributed by atoms with E-state index < -0.39 is 12.0 Å². The first-order valence-corrected chi connectivity index (χ1v) is 7.59. The number of aromatic nitrogens is 1. The average molecular weight is 316 g/mol. The maximum Gasteiger partial charge on any atom is 0.328 e. The Morgan fingerprint density at radius 1 is 1.40 bits per heavy atom. The lowest BCUT2D eigenvalue weighted by atomic mass is 10.2. The molecule has 1 rings (SSSR count). The van der Waals surface area contributed by atoms with Gasteiger partial charge >= 0.3 is 5.97 Å². The molecule has 0 fully saturated rings. The van der Waals surface area contributed by atoms with Crippen molar-refractivity contribution in [2.24, 2.45) is 0 Å². The van der Waals surface area contributed by atoms with E-state index >= 15 is 0 Å². The van der Waals surface area contributed by atoms with Crippen molar-refractivity contribution in [3.63, 3.8) is 0 Å². The summed E-state index contributed by atoms with van der Waals surface area (Å²) in [5.74, 6) is -0.527. The molecule has 7 heteroatoms. The van der Waals surface area contributed by atoms with Crippen molar-refractivity contribution >= 4 is 35.4 Å². The number of hydrogen-bond donors (Lipinski definition) is 1. The predicted octanol–water partition coefficient (Wildman–Crippen LogP) is 2.46. The van der Waals surface area contributed by atoms with Gasteiger partial charge in [-0.05, 0) is 39.9 Å². The number of likely N-dealkylation sites (N-methyl/N-ethyl adjacent to an activating group) is 1. The molecule has 20 heavy (non-hydrogen) atoms. The third-order valence-corrected chi connectivity index (χ3v) is 4.24. The molecule has 1 aromatic rings. The lowest BCUT2D eigenvalue weighted by molar-refractivity contribution is -0.156. The van der Waals surface area contributed by atoms with E-state index in [1.54, 1.807) is 27.8 Å². The van der Waals surface area contributed by atoms with Gasteiger partial charge in [-0.15, -0.1) is 11.3 Å². The number of thiazole rings is 1. The summed E-state index contributed by atoms with van der Waals surface area (Å²) in [4.78, 5) is 29.3. The zero-order valence-electron chi connectivity index (χ0n) is 12.4. The number of esters is 1. The molecule has 0 unspecified atom stereocenters. The van der Waals surface area contributed by atoms with Crippen LogP contribution in [0.1, 0.15) is 31.3 Å². The number of nitrogens with zero attached hydrogens (tertiary/aromatic N) is 1. The smallest absolute Gasteiger partial charge is 0.328 e. The second kappa shape index (κ2) is 6.99. The molecule has 0 radical (unpaired) electrons. The van der Waals surface area contributed by atoms with Crippen LogP contribution >= 0.6 is 23.6 Å². The Hall–Kier alpha value is -1.21. The molecule has 1 N–H and O–H groups in total. The number of aryl methyl sites for hydroxylation is 1. The highest BCUT2D eigenvalue weighted by atomic mass is 32.1. The Morgan fingerprint density at radius 3 is 2.45 bits per heavy atom. The Morgan fingerprint density at radius 2 is 2.00 bits per heavy atom. The summed E-state index contributed by atoms with van der Waals surface area (Å²) in [6, 6.07) is -0.600. The first kappa shape index (κ1) is 16.8. The highest BCUT2D eigenvalue weighted by Crippen LogP contribution is 2.16. The molecule has 5 nitrogen and oxygen atoms in total. The first-order valence-electron chi connectivity index (χ1n) is 6.37. The Balaban J connectivity index is 2.69. The molecule has 0 spiro atoms. The minimum atomic E-state index is -0.600. The van der Waals surface area contributed by atoms with Crippen LogP contribution in [0.5, 0.6) is 0 Å². The summed E-state index contributed by atoms with van der Waals surface area (Å²) >= 11 is 6.43. The van der Waals surface area contributed by atoms with Gasteiger partial charge in [0, 0.05) is 17.6 Å². The van der Waals surface area contributed by atoms with Gasteiger partial charge in [-0.2, -0.15) is 0 Å². The Bertz CT molecular complexity index is 548. The van der Waals surface area contributed by atoms with Crippen LogP contribution in [0, 0.1) is 10.9 Å². The SMILES string of the molecule is Cc1[nH]c(=S)sc1CC(=O)N(C)[C@@H](C)C(=O)OC(C)C. The number of hydrogen-bond acceptors (Lipinski definition) is 5. The molecule has 1 amide bonds. The number of aromatic amines is 1. The fourth-order valence-corrected chi connectivity index (χ4v) is 2.85. The van der Waals surface area contributed by atoms with Crippen molar-refractivity contribution in [1.29, 1.82) is 0 Å². The fourth-order valence-electron chi connectivity index (χ4n) is 1.57. The fraction of sp³-hybridized carbons (Fsp3) is 0.615. The van der Waals surface area contributed by atoms with E-state index in [-0.39, 0.29) is 18.4 Å². The molecular weight excluding hydrogens is 296 g/mol. The van der Waals surface area contributed by atoms with Gasteiger partial charge in [0.15, 0.2) is 3.95 Å². The number of nitrogens with one attached hydrogen (secondary N) is 1. The lowest BCUT2D eigenvalue weighted by Gasteiger charge is -2.24. The van der Waals surface area contributed by atoms with E-state index in [9.17, 15) is 9.59 Å². The maximum atomic E-state index is 12.2. The molecule has 1 atom stereocenters. The van der Waals surface area contributed by atoms with E-state index in [4.69, 9.17) is 17.0 Å². The molecule has 1 heterocycles. The largest absolute Gasteiger partial charge is 0.461 e. The molecule has 0 aliphatic heterocycles. The third-order valence-electron chi connectivity index (χ3n) is 2.90. The van der Waals surface area contributed by atoms with Crippen molar-refractivity contribution < 1.29 is 14.3 Å². The summed E-state index contributed by atoms with van der Waals surface area (Å²) < 4.78 is 5.76. The quantitative estimate of drug-likeness (QED) is 0.669. The van der Waals surface area contributed by atoms with Crippen molar-refractivity contribution in [3.05, 3.63) is 14.5 Å². The minimum Gasteiger partial charge on any atom is -0.461 e. The van der Waals surface area contributed by atoms with Gasteiger partial charge in [0.2, 0.25) is 5.91 Å². The zero-order chi connectivity index (χ0) is 15.4. The normalized spacial score (nSPS) is 12.3. The van der Waals surface area contributed by atoms with Crippen LogP contribution in [0.25, 0.3) is 0 Å². The summed E-state index contributed by atoms with van der Waals surface area (Å²) in [6.07, 6.45) is 0.0461. The van der Waals surface area contributed by atoms with Crippen LogP contribution in [0.4, 0.5) is 0 Å². The molecule has 0 aliphatic carbocycles. The number of amides is 1. The highest BCUT2D eigenvalue weighted by molar-refractivity contribution is 7.73.